The summed E-state index contributed by atoms with van der Waals surface area (Å²) in [5, 5.41) is 10.2. The van der Waals surface area contributed by atoms with Gasteiger partial charge in [0.1, 0.15) is 12.4 Å². The zero-order chi connectivity index (χ0) is 16.2. The van der Waals surface area contributed by atoms with E-state index in [0.717, 1.165) is 5.56 Å². The van der Waals surface area contributed by atoms with Crippen LogP contribution >= 0.6 is 0 Å². The number of hydrogen-bond donors (Lipinski definition) is 1. The fourth-order valence-electron chi connectivity index (χ4n) is 2.69. The van der Waals surface area contributed by atoms with Crippen LogP contribution < -0.4 is 9.64 Å². The number of aliphatic hydroxyl groups is 1. The zero-order valence-electron chi connectivity index (χ0n) is 12.9. The molecule has 0 saturated heterocycles. The van der Waals surface area contributed by atoms with Gasteiger partial charge in [0.2, 0.25) is 0 Å². The number of fused-ring (bicyclic) bond motifs is 1. The molecule has 0 bridgehead atoms. The van der Waals surface area contributed by atoms with Crippen molar-refractivity contribution in [3.8, 4) is 5.75 Å². The maximum Gasteiger partial charge on any atom is 0.414 e. The van der Waals surface area contributed by atoms with Crippen molar-refractivity contribution in [3.63, 3.8) is 0 Å². The highest BCUT2D eigenvalue weighted by molar-refractivity contribution is 5.89. The van der Waals surface area contributed by atoms with Gasteiger partial charge in [0.15, 0.2) is 0 Å². The van der Waals surface area contributed by atoms with Crippen LogP contribution in [0.4, 0.5) is 10.5 Å². The molecule has 0 aliphatic carbocycles. The van der Waals surface area contributed by atoms with E-state index in [1.54, 1.807) is 30.2 Å². The summed E-state index contributed by atoms with van der Waals surface area (Å²) >= 11 is 0. The Morgan fingerprint density at radius 3 is 2.78 bits per heavy atom. The van der Waals surface area contributed by atoms with Crippen molar-refractivity contribution in [1.82, 2.24) is 0 Å². The second-order valence-electron chi connectivity index (χ2n) is 5.42. The van der Waals surface area contributed by atoms with Crippen molar-refractivity contribution in [2.24, 2.45) is 0 Å². The number of anilines is 1. The summed E-state index contributed by atoms with van der Waals surface area (Å²) in [7, 11) is 1.57. The lowest BCUT2D eigenvalue weighted by molar-refractivity contribution is 0.137. The molecule has 23 heavy (non-hydrogen) atoms. The minimum Gasteiger partial charge on any atom is -0.497 e. The molecule has 1 amide bonds. The predicted molar refractivity (Wildman–Crippen MR) is 86.5 cm³/mol. The Balaban J connectivity index is 1.76. The van der Waals surface area contributed by atoms with E-state index in [-0.39, 0.29) is 6.61 Å². The largest absolute Gasteiger partial charge is 0.497 e. The standard InChI is InChI=1S/C18H19NO4/c1-22-14-7-8-16-15(11-14)17(20)9-10-19(16)18(21)23-12-13-5-3-2-4-6-13/h2-8,11,17,20H,9-10,12H2,1H3. The summed E-state index contributed by atoms with van der Waals surface area (Å²) in [5.74, 6) is 0.655. The van der Waals surface area contributed by atoms with Crippen molar-refractivity contribution >= 4 is 11.8 Å². The highest BCUT2D eigenvalue weighted by Gasteiger charge is 2.29. The Bertz CT molecular complexity index is 687. The topological polar surface area (TPSA) is 59.0 Å². The molecule has 0 radical (unpaired) electrons. The molecule has 120 valence electrons. The van der Waals surface area contributed by atoms with Crippen LogP contribution in [0.15, 0.2) is 48.5 Å². The van der Waals surface area contributed by atoms with Gasteiger partial charge < -0.3 is 14.6 Å². The number of carbonyl (C=O) groups is 1. The Kier molecular flexibility index (Phi) is 4.48. The Morgan fingerprint density at radius 2 is 2.04 bits per heavy atom. The molecule has 1 atom stereocenters. The molecule has 1 heterocycles. The number of carbonyl (C=O) groups excluding carboxylic acids is 1. The van der Waals surface area contributed by atoms with Crippen LogP contribution in [0.1, 0.15) is 23.7 Å². The van der Waals surface area contributed by atoms with E-state index < -0.39 is 12.2 Å². The van der Waals surface area contributed by atoms with Crippen LogP contribution in [0, 0.1) is 0 Å². The molecule has 2 aromatic rings. The molecule has 1 unspecified atom stereocenters. The van der Waals surface area contributed by atoms with Crippen molar-refractivity contribution in [1.29, 1.82) is 0 Å². The number of aliphatic hydroxyl groups excluding tert-OH is 1. The van der Waals surface area contributed by atoms with Crippen molar-refractivity contribution in [2.45, 2.75) is 19.1 Å². The summed E-state index contributed by atoms with van der Waals surface area (Å²) in [6.45, 7) is 0.651. The van der Waals surface area contributed by atoms with E-state index in [9.17, 15) is 9.90 Å². The first-order valence-electron chi connectivity index (χ1n) is 7.53. The number of methoxy groups -OCH3 is 1. The third-order valence-electron chi connectivity index (χ3n) is 3.94. The van der Waals surface area contributed by atoms with Gasteiger partial charge >= 0.3 is 6.09 Å². The van der Waals surface area contributed by atoms with Gasteiger partial charge in [0.25, 0.3) is 0 Å². The maximum atomic E-state index is 12.4. The van der Waals surface area contributed by atoms with Gasteiger partial charge in [-0.05, 0) is 30.2 Å². The van der Waals surface area contributed by atoms with Gasteiger partial charge in [0.05, 0.1) is 18.9 Å². The Hall–Kier alpha value is -2.53. The van der Waals surface area contributed by atoms with Gasteiger partial charge in [0, 0.05) is 12.1 Å². The van der Waals surface area contributed by atoms with Crippen LogP contribution in [-0.4, -0.2) is 24.9 Å². The number of benzene rings is 2. The molecule has 3 rings (SSSR count). The number of hydrogen-bond acceptors (Lipinski definition) is 4. The average molecular weight is 313 g/mol. The quantitative estimate of drug-likeness (QED) is 0.945. The van der Waals surface area contributed by atoms with Gasteiger partial charge in [-0.25, -0.2) is 4.79 Å². The van der Waals surface area contributed by atoms with Gasteiger partial charge in [-0.2, -0.15) is 0 Å². The van der Waals surface area contributed by atoms with Gasteiger partial charge in [-0.15, -0.1) is 0 Å². The average Bonchev–Trinajstić information content (AvgIpc) is 2.60. The summed E-state index contributed by atoms with van der Waals surface area (Å²) < 4.78 is 10.6. The van der Waals surface area contributed by atoms with Crippen LogP contribution in [0.2, 0.25) is 0 Å². The molecule has 0 fully saturated rings. The fourth-order valence-corrected chi connectivity index (χ4v) is 2.69. The minimum atomic E-state index is -0.599. The second kappa shape index (κ2) is 6.71. The molecule has 2 aromatic carbocycles. The first-order valence-corrected chi connectivity index (χ1v) is 7.53. The molecule has 5 heteroatoms. The van der Waals surface area contributed by atoms with E-state index in [0.29, 0.717) is 30.0 Å². The third-order valence-corrected chi connectivity index (χ3v) is 3.94. The van der Waals surface area contributed by atoms with E-state index in [1.165, 1.54) is 0 Å². The smallest absolute Gasteiger partial charge is 0.414 e. The highest BCUT2D eigenvalue weighted by atomic mass is 16.6. The fraction of sp³-hybridized carbons (Fsp3) is 0.278. The van der Waals surface area contributed by atoms with Crippen LogP contribution in [0.25, 0.3) is 0 Å². The van der Waals surface area contributed by atoms with Crippen LogP contribution in [0.3, 0.4) is 0 Å². The van der Waals surface area contributed by atoms with E-state index in [2.05, 4.69) is 0 Å². The summed E-state index contributed by atoms with van der Waals surface area (Å²) in [5.41, 5.74) is 2.29. The molecule has 0 spiro atoms. The highest BCUT2D eigenvalue weighted by Crippen LogP contribution is 2.36. The summed E-state index contributed by atoms with van der Waals surface area (Å²) in [4.78, 5) is 13.9. The molecular formula is C18H19NO4. The molecule has 1 N–H and O–H groups in total. The molecule has 0 saturated carbocycles. The second-order valence-corrected chi connectivity index (χ2v) is 5.42. The molecule has 1 aliphatic rings. The first-order chi connectivity index (χ1) is 11.2. The normalized spacial score (nSPS) is 16.6. The number of rotatable bonds is 3. The molecular weight excluding hydrogens is 294 g/mol. The number of amides is 1. The van der Waals surface area contributed by atoms with Crippen molar-refractivity contribution < 1.29 is 19.4 Å². The van der Waals surface area contributed by atoms with Crippen molar-refractivity contribution in [2.75, 3.05) is 18.6 Å². The maximum absolute atomic E-state index is 12.4. The lowest BCUT2D eigenvalue weighted by Gasteiger charge is -2.31. The molecule has 1 aliphatic heterocycles. The monoisotopic (exact) mass is 313 g/mol. The number of ether oxygens (including phenoxy) is 2. The van der Waals surface area contributed by atoms with Crippen molar-refractivity contribution in [3.05, 3.63) is 59.7 Å². The summed E-state index contributed by atoms with van der Waals surface area (Å²) in [6.07, 6.45) is -0.536. The summed E-state index contributed by atoms with van der Waals surface area (Å²) in [6, 6.07) is 14.9. The lowest BCUT2D eigenvalue weighted by atomic mass is 9.99. The van der Waals surface area contributed by atoms with Gasteiger partial charge in [-0.1, -0.05) is 30.3 Å². The predicted octanol–water partition coefficient (Wildman–Crippen LogP) is 3.28. The van der Waals surface area contributed by atoms with E-state index in [1.807, 2.05) is 30.3 Å². The zero-order valence-corrected chi connectivity index (χ0v) is 12.9. The number of nitrogens with zero attached hydrogens (tertiary/aromatic N) is 1. The third kappa shape index (κ3) is 3.29. The van der Waals surface area contributed by atoms with Gasteiger partial charge in [-0.3, -0.25) is 4.90 Å². The molecule has 5 nitrogen and oxygen atoms in total. The SMILES string of the molecule is COc1ccc2c(c1)C(O)CCN2C(=O)OCc1ccccc1. The van der Waals surface area contributed by atoms with E-state index >= 15 is 0 Å². The molecule has 0 aromatic heterocycles. The van der Waals surface area contributed by atoms with E-state index in [4.69, 9.17) is 9.47 Å². The minimum absolute atomic E-state index is 0.226. The van der Waals surface area contributed by atoms with Crippen LogP contribution in [0.5, 0.6) is 5.75 Å². The Labute approximate surface area is 135 Å². The lowest BCUT2D eigenvalue weighted by Crippen LogP contribution is -2.37. The Morgan fingerprint density at radius 1 is 1.26 bits per heavy atom. The first kappa shape index (κ1) is 15.4. The van der Waals surface area contributed by atoms with Crippen LogP contribution in [-0.2, 0) is 11.3 Å².